The van der Waals surface area contributed by atoms with Gasteiger partial charge in [-0.2, -0.15) is 0 Å². The molecule has 1 aromatic heterocycles. The topological polar surface area (TPSA) is 11.4 Å². The van der Waals surface area contributed by atoms with Crippen LogP contribution in [0.2, 0.25) is 0 Å². The van der Waals surface area contributed by atoms with Gasteiger partial charge in [-0.3, -0.25) is 0 Å². The molecule has 0 N–H and O–H groups in total. The van der Waals surface area contributed by atoms with Gasteiger partial charge in [-0.15, -0.1) is 0 Å². The number of para-hydroxylation sites is 2. The molecule has 3 heterocycles. The monoisotopic (exact) mass is 1110 g/mol. The van der Waals surface area contributed by atoms with Crippen LogP contribution in [0, 0.1) is 0 Å². The highest BCUT2D eigenvalue weighted by atomic mass is 15.2. The molecule has 0 unspecified atom stereocenters. The lowest BCUT2D eigenvalue weighted by molar-refractivity contribution is 0.568. The minimum absolute atomic E-state index is 0.0456. The van der Waals surface area contributed by atoms with Gasteiger partial charge >= 0.3 is 0 Å². The molecule has 0 spiro atoms. The van der Waals surface area contributed by atoms with Crippen LogP contribution in [-0.4, -0.2) is 11.3 Å². The van der Waals surface area contributed by atoms with Gasteiger partial charge in [0.05, 0.1) is 16.7 Å². The van der Waals surface area contributed by atoms with Gasteiger partial charge < -0.3 is 14.4 Å². The molecule has 0 radical (unpaired) electrons. The van der Waals surface area contributed by atoms with E-state index < -0.39 is 0 Å². The van der Waals surface area contributed by atoms with Crippen molar-refractivity contribution in [2.45, 2.75) is 105 Å². The molecule has 86 heavy (non-hydrogen) atoms. The summed E-state index contributed by atoms with van der Waals surface area (Å²) in [6, 6.07) is 92.5. The van der Waals surface area contributed by atoms with E-state index >= 15 is 0 Å². The van der Waals surface area contributed by atoms with Gasteiger partial charge in [0.25, 0.3) is 6.71 Å². The molecule has 0 aliphatic carbocycles. The van der Waals surface area contributed by atoms with E-state index in [4.69, 9.17) is 0 Å². The fourth-order valence-corrected chi connectivity index (χ4v) is 13.4. The maximum atomic E-state index is 2.60. The lowest BCUT2D eigenvalue weighted by Gasteiger charge is -2.44. The number of benzene rings is 11. The van der Waals surface area contributed by atoms with Crippen molar-refractivity contribution in [1.29, 1.82) is 0 Å². The summed E-state index contributed by atoms with van der Waals surface area (Å²) in [5.41, 5.74) is 29.0. The Labute approximate surface area is 510 Å². The van der Waals surface area contributed by atoms with Crippen LogP contribution >= 0.6 is 0 Å². The minimum Gasteiger partial charge on any atom is -0.311 e. The third kappa shape index (κ3) is 9.55. The molecule has 11 aromatic carbocycles. The highest BCUT2D eigenvalue weighted by Crippen LogP contribution is 2.49. The lowest BCUT2D eigenvalue weighted by Crippen LogP contribution is -2.61. The van der Waals surface area contributed by atoms with Crippen molar-refractivity contribution < 1.29 is 0 Å². The number of anilines is 6. The SMILES string of the molecule is CC(C)(C)c1cc(-c2ccc3c(c2)N(c2ccc(-c4ccccc4)cc2)c2cc(-n4c5ccccc5c5ccccc54)cc4c2B3c2ccc(-c3cc(C(C)(C)C)cc(C(C)(C)C)c3)cc2N4c2ccc(-c3ccccc3)cc2)cc(C(C)(C)C)c1. The van der Waals surface area contributed by atoms with Crippen molar-refractivity contribution in [3.63, 3.8) is 0 Å². The highest BCUT2D eigenvalue weighted by Gasteiger charge is 2.44. The molecule has 0 saturated carbocycles. The van der Waals surface area contributed by atoms with Crippen molar-refractivity contribution >= 4 is 79.0 Å². The second-order valence-electron chi connectivity index (χ2n) is 28.3. The molecule has 0 amide bonds. The van der Waals surface area contributed by atoms with E-state index in [1.807, 2.05) is 0 Å². The molecular weight excluding hydrogens is 1040 g/mol. The Hall–Kier alpha value is -9.12. The molecule has 2 aliphatic rings. The molecule has 422 valence electrons. The van der Waals surface area contributed by atoms with Crippen LogP contribution in [0.3, 0.4) is 0 Å². The van der Waals surface area contributed by atoms with Gasteiger partial charge in [0, 0.05) is 44.9 Å². The molecule has 0 saturated heterocycles. The average Bonchev–Trinajstić information content (AvgIpc) is 0.868. The summed E-state index contributed by atoms with van der Waals surface area (Å²) in [7, 11) is 0. The summed E-state index contributed by atoms with van der Waals surface area (Å²) in [5.74, 6) is 0. The van der Waals surface area contributed by atoms with E-state index in [0.717, 1.165) is 28.4 Å². The first kappa shape index (κ1) is 54.8. The first-order valence-electron chi connectivity index (χ1n) is 30.8. The van der Waals surface area contributed by atoms with Crippen LogP contribution < -0.4 is 26.2 Å². The average molecular weight is 1110 g/mol. The number of aromatic nitrogens is 1. The normalized spacial score (nSPS) is 13.3. The summed E-state index contributed by atoms with van der Waals surface area (Å²) in [6.45, 7) is 28.0. The number of hydrogen-bond acceptors (Lipinski definition) is 2. The molecule has 4 heteroatoms. The summed E-state index contributed by atoms with van der Waals surface area (Å²) in [4.78, 5) is 5.20. The van der Waals surface area contributed by atoms with Crippen molar-refractivity contribution in [3.05, 3.63) is 265 Å². The molecular formula is C82H76BN3. The predicted octanol–water partition coefficient (Wildman–Crippen LogP) is 20.7. The second kappa shape index (κ2) is 20.3. The Morgan fingerprint density at radius 3 is 0.942 bits per heavy atom. The Bertz CT molecular complexity index is 4240. The molecule has 2 aliphatic heterocycles. The van der Waals surface area contributed by atoms with Crippen LogP contribution in [0.25, 0.3) is 72.0 Å². The smallest absolute Gasteiger partial charge is 0.252 e. The van der Waals surface area contributed by atoms with Crippen LogP contribution in [-0.2, 0) is 21.7 Å². The third-order valence-corrected chi connectivity index (χ3v) is 18.4. The summed E-state index contributed by atoms with van der Waals surface area (Å²) in [5, 5.41) is 2.47. The Morgan fingerprint density at radius 1 is 0.256 bits per heavy atom. The summed E-state index contributed by atoms with van der Waals surface area (Å²) < 4.78 is 2.51. The van der Waals surface area contributed by atoms with Gasteiger partial charge in [0.2, 0.25) is 0 Å². The predicted molar refractivity (Wildman–Crippen MR) is 371 cm³/mol. The van der Waals surface area contributed by atoms with Gasteiger partial charge in [-0.25, -0.2) is 0 Å². The fourth-order valence-electron chi connectivity index (χ4n) is 13.4. The van der Waals surface area contributed by atoms with Crippen LogP contribution in [0.15, 0.2) is 243 Å². The Balaban J connectivity index is 1.10. The number of hydrogen-bond donors (Lipinski definition) is 0. The van der Waals surface area contributed by atoms with E-state index in [0.29, 0.717) is 0 Å². The minimum atomic E-state index is -0.114. The van der Waals surface area contributed by atoms with Crippen molar-refractivity contribution in [3.8, 4) is 50.2 Å². The highest BCUT2D eigenvalue weighted by molar-refractivity contribution is 7.00. The summed E-state index contributed by atoms with van der Waals surface area (Å²) in [6.07, 6.45) is 0. The maximum absolute atomic E-state index is 2.60. The third-order valence-electron chi connectivity index (χ3n) is 18.4. The molecule has 0 bridgehead atoms. The van der Waals surface area contributed by atoms with E-state index in [-0.39, 0.29) is 28.4 Å². The number of fused-ring (bicyclic) bond motifs is 7. The van der Waals surface area contributed by atoms with E-state index in [1.165, 1.54) is 116 Å². The first-order valence-corrected chi connectivity index (χ1v) is 30.8. The van der Waals surface area contributed by atoms with Gasteiger partial charge in [-0.1, -0.05) is 265 Å². The lowest BCUT2D eigenvalue weighted by atomic mass is 9.33. The number of rotatable bonds is 7. The van der Waals surface area contributed by atoms with Crippen LogP contribution in [0.4, 0.5) is 34.1 Å². The second-order valence-corrected chi connectivity index (χ2v) is 28.3. The van der Waals surface area contributed by atoms with Crippen molar-refractivity contribution in [2.75, 3.05) is 9.80 Å². The van der Waals surface area contributed by atoms with E-state index in [9.17, 15) is 0 Å². The Morgan fingerprint density at radius 2 is 0.581 bits per heavy atom. The molecule has 12 aromatic rings. The van der Waals surface area contributed by atoms with E-state index in [2.05, 4.69) is 340 Å². The molecule has 14 rings (SSSR count). The Kier molecular flexibility index (Phi) is 12.9. The zero-order chi connectivity index (χ0) is 59.6. The maximum Gasteiger partial charge on any atom is 0.252 e. The standard InChI is InChI=1S/C82H76BN3/c1-79(2,3)61-43-59(44-62(49-61)80(4,5)6)57-35-41-70-74(47-57)84(65-37-31-55(32-38-65)53-23-15-13-16-24-53)76-51-67(86-72-29-21-19-27-68(72)69-28-20-22-30-73(69)86)52-77-78(76)83(70)71-42-36-58(60-45-63(81(7,8)9)50-64(46-60)82(10,11)12)48-75(71)85(77)66-39-33-56(34-40-66)54-25-17-14-18-26-54/h13-52H,1-12H3. The van der Waals surface area contributed by atoms with E-state index in [1.54, 1.807) is 0 Å². The van der Waals surface area contributed by atoms with Crippen molar-refractivity contribution in [1.82, 2.24) is 4.57 Å². The fraction of sp³-hybridized carbons (Fsp3) is 0.195. The molecule has 0 fully saturated rings. The quantitative estimate of drug-likeness (QED) is 0.147. The van der Waals surface area contributed by atoms with Gasteiger partial charge in [0.15, 0.2) is 0 Å². The zero-order valence-corrected chi connectivity index (χ0v) is 52.0. The van der Waals surface area contributed by atoms with Crippen LogP contribution in [0.5, 0.6) is 0 Å². The van der Waals surface area contributed by atoms with Gasteiger partial charge in [0.1, 0.15) is 0 Å². The van der Waals surface area contributed by atoms with Crippen molar-refractivity contribution in [2.24, 2.45) is 0 Å². The summed E-state index contributed by atoms with van der Waals surface area (Å²) >= 11 is 0. The largest absolute Gasteiger partial charge is 0.311 e. The van der Waals surface area contributed by atoms with Crippen LogP contribution in [0.1, 0.15) is 105 Å². The number of nitrogens with zero attached hydrogens (tertiary/aromatic N) is 3. The molecule has 0 atom stereocenters. The molecule has 3 nitrogen and oxygen atoms in total. The zero-order valence-electron chi connectivity index (χ0n) is 52.0. The van der Waals surface area contributed by atoms with Gasteiger partial charge in [-0.05, 0) is 165 Å². The first-order chi connectivity index (χ1) is 41.2.